The van der Waals surface area contributed by atoms with Gasteiger partial charge in [-0.15, -0.1) is 0 Å². The zero-order valence-electron chi connectivity index (χ0n) is 13.6. The Bertz CT molecular complexity index is 682. The molecule has 0 spiro atoms. The minimum Gasteiger partial charge on any atom is -0.312 e. The molecule has 0 radical (unpaired) electrons. The van der Waals surface area contributed by atoms with Crippen LogP contribution in [0, 0.1) is 5.92 Å². The third kappa shape index (κ3) is 3.19. The number of benzene rings is 1. The summed E-state index contributed by atoms with van der Waals surface area (Å²) in [7, 11) is -2.85. The molecule has 4 rings (SSSR count). The highest BCUT2D eigenvalue weighted by Crippen LogP contribution is 2.35. The fourth-order valence-electron chi connectivity index (χ4n) is 4.30. The third-order valence-corrected chi connectivity index (χ3v) is 7.54. The van der Waals surface area contributed by atoms with Gasteiger partial charge in [0, 0.05) is 25.7 Å². The lowest BCUT2D eigenvalue weighted by Gasteiger charge is -2.44. The molecular weight excluding hydrogens is 308 g/mol. The third-order valence-electron chi connectivity index (χ3n) is 5.89. The van der Waals surface area contributed by atoms with Crippen LogP contribution in [0.3, 0.4) is 0 Å². The summed E-state index contributed by atoms with van der Waals surface area (Å²) in [6, 6.07) is 6.85. The molecule has 1 saturated heterocycles. The van der Waals surface area contributed by atoms with Gasteiger partial charge in [-0.2, -0.15) is 0 Å². The van der Waals surface area contributed by atoms with E-state index < -0.39 is 9.84 Å². The summed E-state index contributed by atoms with van der Waals surface area (Å²) >= 11 is 0. The van der Waals surface area contributed by atoms with Gasteiger partial charge in [-0.3, -0.25) is 4.90 Å². The predicted molar refractivity (Wildman–Crippen MR) is 92.0 cm³/mol. The molecule has 0 bridgehead atoms. The van der Waals surface area contributed by atoms with E-state index in [1.807, 2.05) is 0 Å². The first kappa shape index (κ1) is 15.6. The molecular formula is C18H26N2O2S. The number of fused-ring (bicyclic) bond motifs is 1. The minimum absolute atomic E-state index is 0.236. The van der Waals surface area contributed by atoms with E-state index in [1.54, 1.807) is 0 Å². The van der Waals surface area contributed by atoms with Crippen molar-refractivity contribution in [3.05, 3.63) is 34.9 Å². The summed E-state index contributed by atoms with van der Waals surface area (Å²) < 4.78 is 24.2. The van der Waals surface area contributed by atoms with Gasteiger partial charge in [-0.05, 0) is 48.4 Å². The largest absolute Gasteiger partial charge is 0.312 e. The molecule has 4 nitrogen and oxygen atoms in total. The topological polar surface area (TPSA) is 49.4 Å². The van der Waals surface area contributed by atoms with Crippen molar-refractivity contribution in [3.8, 4) is 0 Å². The van der Waals surface area contributed by atoms with Crippen LogP contribution < -0.4 is 5.32 Å². The molecule has 1 unspecified atom stereocenters. The van der Waals surface area contributed by atoms with Crippen molar-refractivity contribution in [3.63, 3.8) is 0 Å². The number of sulfone groups is 1. The molecule has 1 aliphatic carbocycles. The lowest BCUT2D eigenvalue weighted by Crippen LogP contribution is -2.53. The standard InChI is InChI=1S/C18H26N2O2S/c21-23(22)10-9-20(18(13-23)14-3-1-4-14)12-16-6-2-5-15-11-19-8-7-17(15)16/h2,5-6,14,18-19H,1,3-4,7-13H2. The molecule has 1 aromatic carbocycles. The number of rotatable bonds is 3. The van der Waals surface area contributed by atoms with Crippen molar-refractivity contribution in [1.29, 1.82) is 0 Å². The maximum Gasteiger partial charge on any atom is 0.153 e. The Hall–Kier alpha value is -0.910. The van der Waals surface area contributed by atoms with Gasteiger partial charge in [0.05, 0.1) is 11.5 Å². The molecule has 0 aromatic heterocycles. The number of nitrogens with zero attached hydrogens (tertiary/aromatic N) is 1. The minimum atomic E-state index is -2.85. The smallest absolute Gasteiger partial charge is 0.153 e. The van der Waals surface area contributed by atoms with Crippen LogP contribution in [0.1, 0.15) is 36.0 Å². The number of hydrogen-bond acceptors (Lipinski definition) is 4. The fourth-order valence-corrected chi connectivity index (χ4v) is 5.99. The van der Waals surface area contributed by atoms with Crippen molar-refractivity contribution in [2.75, 3.05) is 24.6 Å². The summed E-state index contributed by atoms with van der Waals surface area (Å²) in [6.45, 7) is 3.62. The summed E-state index contributed by atoms with van der Waals surface area (Å²) in [4.78, 5) is 2.46. The van der Waals surface area contributed by atoms with Gasteiger partial charge < -0.3 is 5.32 Å². The van der Waals surface area contributed by atoms with E-state index in [0.717, 1.165) is 26.1 Å². The van der Waals surface area contributed by atoms with Gasteiger partial charge in [0.15, 0.2) is 9.84 Å². The van der Waals surface area contributed by atoms with E-state index in [2.05, 4.69) is 28.4 Å². The first-order chi connectivity index (χ1) is 11.1. The van der Waals surface area contributed by atoms with Gasteiger partial charge in [0.25, 0.3) is 0 Å². The van der Waals surface area contributed by atoms with E-state index in [4.69, 9.17) is 0 Å². The second-order valence-electron chi connectivity index (χ2n) is 7.32. The Morgan fingerprint density at radius 1 is 1.26 bits per heavy atom. The van der Waals surface area contributed by atoms with Gasteiger partial charge in [0.2, 0.25) is 0 Å². The Balaban J connectivity index is 1.57. The van der Waals surface area contributed by atoms with E-state index in [-0.39, 0.29) is 6.04 Å². The van der Waals surface area contributed by atoms with E-state index in [9.17, 15) is 8.42 Å². The molecule has 126 valence electrons. The zero-order valence-corrected chi connectivity index (χ0v) is 14.4. The van der Waals surface area contributed by atoms with Crippen LogP contribution in [0.4, 0.5) is 0 Å². The second-order valence-corrected chi connectivity index (χ2v) is 9.55. The second kappa shape index (κ2) is 6.19. The van der Waals surface area contributed by atoms with Crippen LogP contribution in [0.2, 0.25) is 0 Å². The maximum absolute atomic E-state index is 12.1. The van der Waals surface area contributed by atoms with Crippen LogP contribution >= 0.6 is 0 Å². The molecule has 2 heterocycles. The maximum atomic E-state index is 12.1. The monoisotopic (exact) mass is 334 g/mol. The van der Waals surface area contributed by atoms with Crippen molar-refractivity contribution >= 4 is 9.84 Å². The van der Waals surface area contributed by atoms with Crippen molar-refractivity contribution in [1.82, 2.24) is 10.2 Å². The molecule has 5 heteroatoms. The van der Waals surface area contributed by atoms with Crippen molar-refractivity contribution in [2.45, 2.75) is 44.8 Å². The van der Waals surface area contributed by atoms with Crippen LogP contribution in [-0.4, -0.2) is 44.0 Å². The normalized spacial score (nSPS) is 28.1. The first-order valence-electron chi connectivity index (χ1n) is 8.87. The highest BCUT2D eigenvalue weighted by Gasteiger charge is 2.38. The predicted octanol–water partition coefficient (Wildman–Crippen LogP) is 1.73. The summed E-state index contributed by atoms with van der Waals surface area (Å²) in [5.41, 5.74) is 4.32. The van der Waals surface area contributed by atoms with Gasteiger partial charge in [-0.1, -0.05) is 24.6 Å². The lowest BCUT2D eigenvalue weighted by molar-refractivity contribution is 0.103. The molecule has 3 aliphatic rings. The summed E-state index contributed by atoms with van der Waals surface area (Å²) in [5, 5.41) is 3.43. The fraction of sp³-hybridized carbons (Fsp3) is 0.667. The average Bonchev–Trinajstić information content (AvgIpc) is 2.48. The number of nitrogens with one attached hydrogen (secondary N) is 1. The SMILES string of the molecule is O=S1(=O)CCN(Cc2cccc3c2CCNC3)C(C2CCC2)C1. The van der Waals surface area contributed by atoms with E-state index >= 15 is 0 Å². The summed E-state index contributed by atoms with van der Waals surface area (Å²) in [6.07, 6.45) is 4.76. The Morgan fingerprint density at radius 3 is 2.91 bits per heavy atom. The Kier molecular flexibility index (Phi) is 4.20. The van der Waals surface area contributed by atoms with Crippen LogP contribution in [-0.2, 0) is 29.3 Å². The molecule has 1 atom stereocenters. The Labute approximate surface area is 139 Å². The Morgan fingerprint density at radius 2 is 2.13 bits per heavy atom. The van der Waals surface area contributed by atoms with Gasteiger partial charge >= 0.3 is 0 Å². The van der Waals surface area contributed by atoms with Crippen molar-refractivity contribution < 1.29 is 8.42 Å². The molecule has 2 fully saturated rings. The quantitative estimate of drug-likeness (QED) is 0.915. The van der Waals surface area contributed by atoms with Crippen LogP contribution in [0.25, 0.3) is 0 Å². The molecule has 23 heavy (non-hydrogen) atoms. The average molecular weight is 334 g/mol. The molecule has 2 aliphatic heterocycles. The molecule has 1 aromatic rings. The van der Waals surface area contributed by atoms with Crippen LogP contribution in [0.5, 0.6) is 0 Å². The highest BCUT2D eigenvalue weighted by atomic mass is 32.2. The first-order valence-corrected chi connectivity index (χ1v) is 10.7. The van der Waals surface area contributed by atoms with Crippen molar-refractivity contribution in [2.24, 2.45) is 5.92 Å². The van der Waals surface area contributed by atoms with E-state index in [0.29, 0.717) is 24.0 Å². The zero-order chi connectivity index (χ0) is 15.9. The van der Waals surface area contributed by atoms with Gasteiger partial charge in [-0.25, -0.2) is 8.42 Å². The van der Waals surface area contributed by atoms with E-state index in [1.165, 1.54) is 36.0 Å². The lowest BCUT2D eigenvalue weighted by atomic mass is 9.79. The molecule has 0 amide bonds. The number of hydrogen-bond donors (Lipinski definition) is 1. The van der Waals surface area contributed by atoms with Gasteiger partial charge in [0.1, 0.15) is 0 Å². The highest BCUT2D eigenvalue weighted by molar-refractivity contribution is 7.91. The summed E-state index contributed by atoms with van der Waals surface area (Å²) in [5.74, 6) is 1.28. The molecule has 1 N–H and O–H groups in total. The molecule has 1 saturated carbocycles. The van der Waals surface area contributed by atoms with Crippen LogP contribution in [0.15, 0.2) is 18.2 Å².